The number of amides is 1. The molecular formula is C24H16FN3O4S3. The number of ketones is 1. The van der Waals surface area contributed by atoms with Crippen molar-refractivity contribution < 1.29 is 24.2 Å². The average Bonchev–Trinajstić information content (AvgIpc) is 3.60. The van der Waals surface area contributed by atoms with Gasteiger partial charge in [-0.1, -0.05) is 53.4 Å². The highest BCUT2D eigenvalue weighted by atomic mass is 32.2. The first-order valence-electron chi connectivity index (χ1n) is 10.3. The number of phenolic OH excluding ortho intramolecular Hbond substituents is 1. The van der Waals surface area contributed by atoms with Crippen LogP contribution in [0.25, 0.3) is 0 Å². The number of nitrogens with zero attached hydrogens (tertiary/aromatic N) is 3. The van der Waals surface area contributed by atoms with E-state index in [0.717, 1.165) is 16.9 Å². The number of aliphatic hydroxyl groups excluding tert-OH is 1. The van der Waals surface area contributed by atoms with Gasteiger partial charge in [-0.05, 0) is 46.8 Å². The quantitative estimate of drug-likeness (QED) is 0.186. The largest absolute Gasteiger partial charge is 0.508 e. The third kappa shape index (κ3) is 4.57. The Morgan fingerprint density at radius 3 is 2.49 bits per heavy atom. The number of hydrogen-bond donors (Lipinski definition) is 2. The Kier molecular flexibility index (Phi) is 6.37. The van der Waals surface area contributed by atoms with Gasteiger partial charge in [-0.2, -0.15) is 0 Å². The molecule has 2 aromatic carbocycles. The maximum atomic E-state index is 13.3. The lowest BCUT2D eigenvalue weighted by Gasteiger charge is -2.24. The number of anilines is 1. The van der Waals surface area contributed by atoms with Gasteiger partial charge < -0.3 is 10.2 Å². The summed E-state index contributed by atoms with van der Waals surface area (Å²) in [6, 6.07) is 14.6. The average molecular weight is 526 g/mol. The zero-order valence-corrected chi connectivity index (χ0v) is 20.2. The standard InChI is InChI=1S/C24H16FN3O4S3/c25-15-7-3-13(4-8-15)12-34-24-27-26-23(35-24)28-19(14-5-9-16(29)10-6-14)18(21(31)22(28)32)20(30)17-2-1-11-33-17/h1-11,19,29,31H,12H2. The Labute approximate surface area is 211 Å². The molecule has 7 nitrogen and oxygen atoms in total. The Morgan fingerprint density at radius 1 is 1.06 bits per heavy atom. The number of carbonyl (C=O) groups is 2. The van der Waals surface area contributed by atoms with Crippen molar-refractivity contribution in [2.45, 2.75) is 16.1 Å². The van der Waals surface area contributed by atoms with Crippen molar-refractivity contribution >= 4 is 51.3 Å². The minimum atomic E-state index is -0.944. The number of hydrogen-bond acceptors (Lipinski definition) is 9. The van der Waals surface area contributed by atoms with Crippen LogP contribution in [0.4, 0.5) is 9.52 Å². The number of halogens is 1. The number of aromatic hydroxyl groups is 1. The van der Waals surface area contributed by atoms with Crippen LogP contribution >= 0.6 is 34.4 Å². The number of aliphatic hydroxyl groups is 1. The highest BCUT2D eigenvalue weighted by Crippen LogP contribution is 2.44. The first-order valence-corrected chi connectivity index (χ1v) is 12.9. The van der Waals surface area contributed by atoms with Crippen LogP contribution in [-0.4, -0.2) is 32.1 Å². The molecular weight excluding hydrogens is 509 g/mol. The summed E-state index contributed by atoms with van der Waals surface area (Å²) >= 11 is 3.73. The fraction of sp³-hybridized carbons (Fsp3) is 0.0833. The van der Waals surface area contributed by atoms with Crippen molar-refractivity contribution in [3.8, 4) is 5.75 Å². The second kappa shape index (κ2) is 9.61. The van der Waals surface area contributed by atoms with E-state index in [2.05, 4.69) is 10.2 Å². The van der Waals surface area contributed by atoms with Crippen LogP contribution in [0.2, 0.25) is 0 Å². The number of thiophene rings is 1. The van der Waals surface area contributed by atoms with Crippen molar-refractivity contribution in [3.05, 3.63) is 99.2 Å². The zero-order chi connectivity index (χ0) is 24.5. The van der Waals surface area contributed by atoms with Crippen molar-refractivity contribution in [3.63, 3.8) is 0 Å². The first kappa shape index (κ1) is 23.2. The molecule has 0 spiro atoms. The molecule has 0 radical (unpaired) electrons. The molecule has 3 heterocycles. The van der Waals surface area contributed by atoms with Crippen molar-refractivity contribution in [2.75, 3.05) is 4.90 Å². The van der Waals surface area contributed by atoms with Gasteiger partial charge in [-0.3, -0.25) is 14.5 Å². The molecule has 4 aromatic rings. The second-order valence-electron chi connectivity index (χ2n) is 7.50. The Hall–Kier alpha value is -3.54. The highest BCUT2D eigenvalue weighted by molar-refractivity contribution is 8.00. The van der Waals surface area contributed by atoms with E-state index in [1.807, 2.05) is 0 Å². The minimum Gasteiger partial charge on any atom is -0.508 e. The molecule has 35 heavy (non-hydrogen) atoms. The summed E-state index contributed by atoms with van der Waals surface area (Å²) in [4.78, 5) is 28.1. The molecule has 11 heteroatoms. The molecule has 0 saturated heterocycles. The van der Waals surface area contributed by atoms with E-state index < -0.39 is 23.5 Å². The summed E-state index contributed by atoms with van der Waals surface area (Å²) < 4.78 is 13.7. The number of benzene rings is 2. The topological polar surface area (TPSA) is 104 Å². The number of carbonyl (C=O) groups excluding carboxylic acids is 2. The normalized spacial score (nSPS) is 15.7. The van der Waals surface area contributed by atoms with E-state index >= 15 is 0 Å². The van der Waals surface area contributed by atoms with Crippen LogP contribution in [0.5, 0.6) is 5.75 Å². The lowest BCUT2D eigenvalue weighted by Crippen LogP contribution is -2.30. The summed E-state index contributed by atoms with van der Waals surface area (Å²) in [5.74, 6) is -1.62. The monoisotopic (exact) mass is 525 g/mol. The lowest BCUT2D eigenvalue weighted by molar-refractivity contribution is -0.117. The predicted molar refractivity (Wildman–Crippen MR) is 133 cm³/mol. The molecule has 0 bridgehead atoms. The van der Waals surface area contributed by atoms with Gasteiger partial charge in [0.05, 0.1) is 16.5 Å². The SMILES string of the molecule is O=C(C1=C(O)C(=O)N(c2nnc(SCc3ccc(F)cc3)s2)C1c1ccc(O)cc1)c1cccs1. The Balaban J connectivity index is 1.48. The van der Waals surface area contributed by atoms with E-state index in [9.17, 15) is 24.2 Å². The summed E-state index contributed by atoms with van der Waals surface area (Å²) in [5, 5.41) is 30.8. The number of Topliss-reactive ketones (excluding diaryl/α,β-unsaturated/α-hetero) is 1. The van der Waals surface area contributed by atoms with Crippen LogP contribution in [0.1, 0.15) is 26.8 Å². The number of aromatic nitrogens is 2. The Morgan fingerprint density at radius 2 is 1.80 bits per heavy atom. The fourth-order valence-corrected chi connectivity index (χ4v) is 6.13. The van der Waals surface area contributed by atoms with Gasteiger partial charge in [0.1, 0.15) is 11.6 Å². The molecule has 1 atom stereocenters. The Bertz CT molecular complexity index is 1420. The molecule has 1 unspecified atom stereocenters. The molecule has 1 amide bonds. The third-order valence-electron chi connectivity index (χ3n) is 5.28. The van der Waals surface area contributed by atoms with Crippen LogP contribution in [0.3, 0.4) is 0 Å². The lowest BCUT2D eigenvalue weighted by atomic mass is 9.95. The van der Waals surface area contributed by atoms with E-state index in [4.69, 9.17) is 0 Å². The predicted octanol–water partition coefficient (Wildman–Crippen LogP) is 5.52. The number of thioether (sulfide) groups is 1. The van der Waals surface area contributed by atoms with Gasteiger partial charge >= 0.3 is 0 Å². The van der Waals surface area contributed by atoms with E-state index in [1.54, 1.807) is 41.8 Å². The van der Waals surface area contributed by atoms with Gasteiger partial charge in [-0.25, -0.2) is 4.39 Å². The van der Waals surface area contributed by atoms with Gasteiger partial charge in [0, 0.05) is 5.75 Å². The van der Waals surface area contributed by atoms with E-state index in [0.29, 0.717) is 20.5 Å². The number of phenols is 1. The summed E-state index contributed by atoms with van der Waals surface area (Å²) in [6.45, 7) is 0. The molecule has 2 N–H and O–H groups in total. The summed E-state index contributed by atoms with van der Waals surface area (Å²) in [6.07, 6.45) is 0. The van der Waals surface area contributed by atoms with Gasteiger partial charge in [0.15, 0.2) is 10.1 Å². The number of rotatable bonds is 7. The van der Waals surface area contributed by atoms with Crippen LogP contribution in [-0.2, 0) is 10.5 Å². The van der Waals surface area contributed by atoms with Gasteiger partial charge in [0.25, 0.3) is 5.91 Å². The maximum absolute atomic E-state index is 13.3. The minimum absolute atomic E-state index is 0.0272. The van der Waals surface area contributed by atoms with Crippen LogP contribution in [0, 0.1) is 5.82 Å². The van der Waals surface area contributed by atoms with Crippen molar-refractivity contribution in [2.24, 2.45) is 0 Å². The molecule has 0 aliphatic carbocycles. The summed E-state index contributed by atoms with van der Waals surface area (Å²) in [5.41, 5.74) is 1.37. The van der Waals surface area contributed by atoms with Gasteiger partial charge in [-0.15, -0.1) is 21.5 Å². The second-order valence-corrected chi connectivity index (χ2v) is 10.6. The smallest absolute Gasteiger partial charge is 0.296 e. The highest BCUT2D eigenvalue weighted by Gasteiger charge is 2.46. The van der Waals surface area contributed by atoms with E-state index in [1.165, 1.54) is 52.3 Å². The van der Waals surface area contributed by atoms with Crippen LogP contribution < -0.4 is 4.90 Å². The summed E-state index contributed by atoms with van der Waals surface area (Å²) in [7, 11) is 0. The van der Waals surface area contributed by atoms with Gasteiger partial charge in [0.2, 0.25) is 10.9 Å². The molecule has 1 aliphatic rings. The first-order chi connectivity index (χ1) is 16.9. The molecule has 0 fully saturated rings. The fourth-order valence-electron chi connectivity index (χ4n) is 3.63. The zero-order valence-electron chi connectivity index (χ0n) is 17.8. The van der Waals surface area contributed by atoms with E-state index in [-0.39, 0.29) is 22.3 Å². The molecule has 1 aliphatic heterocycles. The van der Waals surface area contributed by atoms with Crippen LogP contribution in [0.15, 0.2) is 81.7 Å². The molecule has 176 valence electrons. The van der Waals surface area contributed by atoms with Crippen molar-refractivity contribution in [1.82, 2.24) is 10.2 Å². The molecule has 2 aromatic heterocycles. The third-order valence-corrected chi connectivity index (χ3v) is 8.28. The van der Waals surface area contributed by atoms with Crippen molar-refractivity contribution in [1.29, 1.82) is 0 Å². The molecule has 5 rings (SSSR count). The maximum Gasteiger partial charge on any atom is 0.296 e. The molecule has 0 saturated carbocycles.